The van der Waals surface area contributed by atoms with E-state index in [1.54, 1.807) is 23.1 Å². The second-order valence-corrected chi connectivity index (χ2v) is 7.86. The molecule has 7 nitrogen and oxygen atoms in total. The van der Waals surface area contributed by atoms with E-state index in [2.05, 4.69) is 5.32 Å². The van der Waals surface area contributed by atoms with Gasteiger partial charge in [-0.15, -0.1) is 0 Å². The van der Waals surface area contributed by atoms with Crippen LogP contribution in [0.25, 0.3) is 0 Å². The Labute approximate surface area is 165 Å². The quantitative estimate of drug-likeness (QED) is 0.786. The lowest BCUT2D eigenvalue weighted by Crippen LogP contribution is -2.46. The third kappa shape index (κ3) is 3.93. The molecule has 4 amide bonds. The topological polar surface area (TPSA) is 86.8 Å². The summed E-state index contributed by atoms with van der Waals surface area (Å²) in [5, 5.41) is 2.97. The van der Waals surface area contributed by atoms with E-state index < -0.39 is 0 Å². The molecule has 1 saturated heterocycles. The number of imide groups is 1. The minimum absolute atomic E-state index is 0.0255. The summed E-state index contributed by atoms with van der Waals surface area (Å²) in [6, 6.07) is 4.84. The Morgan fingerprint density at radius 2 is 1.75 bits per heavy atom. The molecule has 150 valence electrons. The van der Waals surface area contributed by atoms with Crippen LogP contribution in [0.1, 0.15) is 71.1 Å². The summed E-state index contributed by atoms with van der Waals surface area (Å²) < 4.78 is 0. The molecule has 2 aliphatic rings. The maximum atomic E-state index is 12.9. The monoisotopic (exact) mass is 385 g/mol. The van der Waals surface area contributed by atoms with E-state index >= 15 is 0 Å². The molecule has 1 N–H and O–H groups in total. The van der Waals surface area contributed by atoms with Gasteiger partial charge in [-0.1, -0.05) is 20.8 Å². The number of benzene rings is 1. The molecule has 0 radical (unpaired) electrons. The lowest BCUT2D eigenvalue weighted by Gasteiger charge is -2.32. The maximum absolute atomic E-state index is 12.9. The number of nitrogens with one attached hydrogen (secondary N) is 1. The molecule has 2 aliphatic heterocycles. The molecule has 0 saturated carbocycles. The van der Waals surface area contributed by atoms with Crippen molar-refractivity contribution in [2.45, 2.75) is 46.1 Å². The largest absolute Gasteiger partial charge is 0.353 e. The summed E-state index contributed by atoms with van der Waals surface area (Å²) in [6.45, 7) is 7.19. The SMILES string of the molecule is CCC(=O)NC1CCN(C(=O)c2ccc3c(c2)C(=O)N(CC(C)C)C3=O)CC1. The summed E-state index contributed by atoms with van der Waals surface area (Å²) in [7, 11) is 0. The van der Waals surface area contributed by atoms with Crippen LogP contribution in [0.3, 0.4) is 0 Å². The lowest BCUT2D eigenvalue weighted by molar-refractivity contribution is -0.121. The summed E-state index contributed by atoms with van der Waals surface area (Å²) in [5.74, 6) is -0.564. The van der Waals surface area contributed by atoms with Crippen molar-refractivity contribution in [1.82, 2.24) is 15.1 Å². The fraction of sp³-hybridized carbons (Fsp3) is 0.524. The van der Waals surface area contributed by atoms with E-state index in [4.69, 9.17) is 0 Å². The highest BCUT2D eigenvalue weighted by atomic mass is 16.2. The molecule has 0 spiro atoms. The van der Waals surface area contributed by atoms with Crippen LogP contribution in [-0.2, 0) is 4.79 Å². The maximum Gasteiger partial charge on any atom is 0.261 e. The molecule has 7 heteroatoms. The van der Waals surface area contributed by atoms with Gasteiger partial charge in [0.15, 0.2) is 0 Å². The van der Waals surface area contributed by atoms with Gasteiger partial charge in [0.1, 0.15) is 0 Å². The summed E-state index contributed by atoms with van der Waals surface area (Å²) in [4.78, 5) is 52.4. The fourth-order valence-electron chi connectivity index (χ4n) is 3.69. The Bertz CT molecular complexity index is 810. The highest BCUT2D eigenvalue weighted by Crippen LogP contribution is 2.26. The molecule has 0 atom stereocenters. The van der Waals surface area contributed by atoms with Gasteiger partial charge in [0, 0.05) is 37.7 Å². The Balaban J connectivity index is 1.69. The van der Waals surface area contributed by atoms with E-state index in [9.17, 15) is 19.2 Å². The number of fused-ring (bicyclic) bond motifs is 1. The van der Waals surface area contributed by atoms with Crippen molar-refractivity contribution < 1.29 is 19.2 Å². The van der Waals surface area contributed by atoms with Gasteiger partial charge in [0.05, 0.1) is 11.1 Å². The third-order valence-electron chi connectivity index (χ3n) is 5.23. The number of nitrogens with zero attached hydrogens (tertiary/aromatic N) is 2. The zero-order valence-corrected chi connectivity index (χ0v) is 16.7. The Kier molecular flexibility index (Phi) is 5.82. The molecule has 0 aliphatic carbocycles. The zero-order chi connectivity index (χ0) is 20.4. The van der Waals surface area contributed by atoms with Crippen molar-refractivity contribution >= 4 is 23.6 Å². The van der Waals surface area contributed by atoms with Crippen molar-refractivity contribution in [3.05, 3.63) is 34.9 Å². The number of carbonyl (C=O) groups excluding carboxylic acids is 4. The second-order valence-electron chi connectivity index (χ2n) is 7.86. The van der Waals surface area contributed by atoms with Crippen molar-refractivity contribution in [2.24, 2.45) is 5.92 Å². The average Bonchev–Trinajstić information content (AvgIpc) is 2.92. The summed E-state index contributed by atoms with van der Waals surface area (Å²) in [5.41, 5.74) is 1.09. The number of likely N-dealkylation sites (tertiary alicyclic amines) is 1. The minimum Gasteiger partial charge on any atom is -0.353 e. The third-order valence-corrected chi connectivity index (χ3v) is 5.23. The molecule has 1 fully saturated rings. The first kappa shape index (κ1) is 20.0. The molecule has 28 heavy (non-hydrogen) atoms. The number of piperidine rings is 1. The van der Waals surface area contributed by atoms with Crippen molar-refractivity contribution in [1.29, 1.82) is 0 Å². The predicted molar refractivity (Wildman–Crippen MR) is 104 cm³/mol. The van der Waals surface area contributed by atoms with E-state index in [1.807, 2.05) is 20.8 Å². The van der Waals surface area contributed by atoms with Gasteiger partial charge in [0.25, 0.3) is 17.7 Å². The van der Waals surface area contributed by atoms with Crippen molar-refractivity contribution in [2.75, 3.05) is 19.6 Å². The number of hydrogen-bond donors (Lipinski definition) is 1. The first-order chi connectivity index (χ1) is 13.3. The van der Waals surface area contributed by atoms with E-state index in [0.29, 0.717) is 55.6 Å². The smallest absolute Gasteiger partial charge is 0.261 e. The van der Waals surface area contributed by atoms with Crippen LogP contribution in [0.2, 0.25) is 0 Å². The standard InChI is InChI=1S/C21H27N3O4/c1-4-18(25)22-15-7-9-23(10-8-15)19(26)14-5-6-16-17(11-14)21(28)24(20(16)27)12-13(2)3/h5-6,11,13,15H,4,7-10,12H2,1-3H3,(H,22,25). The minimum atomic E-state index is -0.329. The Morgan fingerprint density at radius 3 is 2.36 bits per heavy atom. The Hall–Kier alpha value is -2.70. The summed E-state index contributed by atoms with van der Waals surface area (Å²) in [6.07, 6.45) is 1.87. The van der Waals surface area contributed by atoms with E-state index in [1.165, 1.54) is 4.90 Å². The normalized spacial score (nSPS) is 17.3. The fourth-order valence-corrected chi connectivity index (χ4v) is 3.69. The van der Waals surface area contributed by atoms with Crippen LogP contribution in [-0.4, -0.2) is 59.1 Å². The van der Waals surface area contributed by atoms with Crippen LogP contribution in [0.4, 0.5) is 0 Å². The van der Waals surface area contributed by atoms with E-state index in [0.717, 1.165) is 0 Å². The number of rotatable bonds is 5. The zero-order valence-electron chi connectivity index (χ0n) is 16.7. The van der Waals surface area contributed by atoms with Gasteiger partial charge in [-0.3, -0.25) is 24.1 Å². The van der Waals surface area contributed by atoms with E-state index in [-0.39, 0.29) is 35.6 Å². The second kappa shape index (κ2) is 8.12. The summed E-state index contributed by atoms with van der Waals surface area (Å²) >= 11 is 0. The first-order valence-electron chi connectivity index (χ1n) is 9.90. The van der Waals surface area contributed by atoms with Gasteiger partial charge >= 0.3 is 0 Å². The van der Waals surface area contributed by atoms with Gasteiger partial charge in [-0.25, -0.2) is 0 Å². The molecule has 0 bridgehead atoms. The van der Waals surface area contributed by atoms with Crippen LogP contribution in [0, 0.1) is 5.92 Å². The predicted octanol–water partition coefficient (Wildman–Crippen LogP) is 2.07. The molecule has 3 rings (SSSR count). The molecule has 2 heterocycles. The molecule has 0 aromatic heterocycles. The number of amides is 4. The molecular formula is C21H27N3O4. The molecule has 1 aromatic carbocycles. The lowest BCUT2D eigenvalue weighted by atomic mass is 10.0. The number of hydrogen-bond acceptors (Lipinski definition) is 4. The highest BCUT2D eigenvalue weighted by molar-refractivity contribution is 6.22. The highest BCUT2D eigenvalue weighted by Gasteiger charge is 2.36. The van der Waals surface area contributed by atoms with Crippen LogP contribution in [0.5, 0.6) is 0 Å². The molecular weight excluding hydrogens is 358 g/mol. The Morgan fingerprint density at radius 1 is 1.11 bits per heavy atom. The first-order valence-corrected chi connectivity index (χ1v) is 9.90. The molecule has 1 aromatic rings. The van der Waals surface area contributed by atoms with Gasteiger partial charge in [-0.05, 0) is 37.0 Å². The average molecular weight is 385 g/mol. The number of carbonyl (C=O) groups is 4. The van der Waals surface area contributed by atoms with Gasteiger partial charge in [0.2, 0.25) is 5.91 Å². The van der Waals surface area contributed by atoms with Crippen LogP contribution >= 0.6 is 0 Å². The van der Waals surface area contributed by atoms with Gasteiger partial charge in [-0.2, -0.15) is 0 Å². The van der Waals surface area contributed by atoms with Crippen molar-refractivity contribution in [3.63, 3.8) is 0 Å². The van der Waals surface area contributed by atoms with Crippen LogP contribution < -0.4 is 5.32 Å². The van der Waals surface area contributed by atoms with Crippen LogP contribution in [0.15, 0.2) is 18.2 Å². The van der Waals surface area contributed by atoms with Crippen molar-refractivity contribution in [3.8, 4) is 0 Å². The molecule has 0 unspecified atom stereocenters. The van der Waals surface area contributed by atoms with Gasteiger partial charge < -0.3 is 10.2 Å².